The molecule has 190 valence electrons. The maximum absolute atomic E-state index is 13.4. The number of anilines is 1. The molecule has 0 fully saturated rings. The molecule has 1 unspecified atom stereocenters. The van der Waals surface area contributed by atoms with E-state index in [-0.39, 0.29) is 30.0 Å². The third-order valence-corrected chi connectivity index (χ3v) is 7.83. The molecule has 0 saturated heterocycles. The minimum Gasteiger partial charge on any atom is -0.491 e. The second-order valence-electron chi connectivity index (χ2n) is 9.45. The Bertz CT molecular complexity index is 1340. The van der Waals surface area contributed by atoms with E-state index in [0.717, 1.165) is 11.3 Å². The van der Waals surface area contributed by atoms with Crippen LogP contribution >= 0.6 is 11.6 Å². The minimum atomic E-state index is -3.95. The van der Waals surface area contributed by atoms with Gasteiger partial charge in [-0.05, 0) is 53.4 Å². The van der Waals surface area contributed by atoms with Gasteiger partial charge >= 0.3 is 0 Å². The Kier molecular flexibility index (Phi) is 7.47. The smallest absolute Gasteiger partial charge is 0.264 e. The highest BCUT2D eigenvalue weighted by atomic mass is 35.5. The summed E-state index contributed by atoms with van der Waals surface area (Å²) in [5.74, 6) is 0.660. The zero-order chi connectivity index (χ0) is 25.9. The number of ether oxygens (including phenoxy) is 2. The highest BCUT2D eigenvalue weighted by molar-refractivity contribution is 7.92. The zero-order valence-corrected chi connectivity index (χ0v) is 22.0. The molecule has 1 amide bonds. The van der Waals surface area contributed by atoms with Gasteiger partial charge < -0.3 is 14.8 Å². The predicted octanol–water partition coefficient (Wildman–Crippen LogP) is 4.79. The Morgan fingerprint density at radius 1 is 1.06 bits per heavy atom. The number of hydrogen-bond donors (Lipinski definition) is 1. The Morgan fingerprint density at radius 2 is 1.72 bits per heavy atom. The van der Waals surface area contributed by atoms with E-state index < -0.39 is 22.0 Å². The van der Waals surface area contributed by atoms with Crippen LogP contribution in [0.3, 0.4) is 0 Å². The summed E-state index contributed by atoms with van der Waals surface area (Å²) in [6.45, 7) is 6.66. The van der Waals surface area contributed by atoms with Crippen LogP contribution in [0, 0.1) is 0 Å². The molecule has 7 nitrogen and oxygen atoms in total. The number of fused-ring (bicyclic) bond motifs is 1. The van der Waals surface area contributed by atoms with Gasteiger partial charge in [-0.2, -0.15) is 0 Å². The molecule has 0 aliphatic carbocycles. The molecular weight excluding hydrogens is 500 g/mol. The first-order valence-corrected chi connectivity index (χ1v) is 13.4. The summed E-state index contributed by atoms with van der Waals surface area (Å²) in [4.78, 5) is 13.0. The Morgan fingerprint density at radius 3 is 2.44 bits per heavy atom. The highest BCUT2D eigenvalue weighted by Crippen LogP contribution is 2.37. The average molecular weight is 529 g/mol. The fourth-order valence-electron chi connectivity index (χ4n) is 3.96. The molecule has 0 bridgehead atoms. The van der Waals surface area contributed by atoms with E-state index in [0.29, 0.717) is 16.5 Å². The lowest BCUT2D eigenvalue weighted by atomic mass is 9.86. The number of hydrogen-bond acceptors (Lipinski definition) is 5. The summed E-state index contributed by atoms with van der Waals surface area (Å²) < 4.78 is 39.9. The fraction of sp³-hybridized carbons (Fsp3) is 0.296. The van der Waals surface area contributed by atoms with Crippen LogP contribution in [-0.4, -0.2) is 40.1 Å². The molecule has 9 heteroatoms. The van der Waals surface area contributed by atoms with E-state index in [1.54, 1.807) is 24.3 Å². The third kappa shape index (κ3) is 5.60. The Balaban J connectivity index is 1.45. The van der Waals surface area contributed by atoms with Crippen molar-refractivity contribution in [3.8, 4) is 11.5 Å². The van der Waals surface area contributed by atoms with Crippen LogP contribution in [-0.2, 0) is 20.2 Å². The summed E-state index contributed by atoms with van der Waals surface area (Å²) in [7, 11) is -3.95. The summed E-state index contributed by atoms with van der Waals surface area (Å²) >= 11 is 5.93. The number of sulfonamides is 1. The van der Waals surface area contributed by atoms with Crippen molar-refractivity contribution in [2.24, 2.45) is 0 Å². The van der Waals surface area contributed by atoms with Gasteiger partial charge in [0.15, 0.2) is 6.10 Å². The standard InChI is InChI=1S/C27H29ClN2O5S/c1-27(2,3)21-8-4-6-10-23(21)34-17-16-29-26(31)25-18-30(22-9-5-7-11-24(22)35-25)36(32,33)20-14-12-19(28)13-15-20/h4-15,25H,16-18H2,1-3H3,(H,29,31). The van der Waals surface area contributed by atoms with Gasteiger partial charge in [0.25, 0.3) is 15.9 Å². The van der Waals surface area contributed by atoms with Crippen LogP contribution in [0.5, 0.6) is 11.5 Å². The molecule has 36 heavy (non-hydrogen) atoms. The monoisotopic (exact) mass is 528 g/mol. The molecule has 0 radical (unpaired) electrons. The third-order valence-electron chi connectivity index (χ3n) is 5.78. The number of nitrogens with zero attached hydrogens (tertiary/aromatic N) is 1. The van der Waals surface area contributed by atoms with Crippen molar-refractivity contribution in [3.05, 3.63) is 83.4 Å². The first kappa shape index (κ1) is 25.9. The highest BCUT2D eigenvalue weighted by Gasteiger charge is 2.37. The Hall–Kier alpha value is -3.23. The van der Waals surface area contributed by atoms with Crippen molar-refractivity contribution >= 4 is 33.2 Å². The number of rotatable bonds is 7. The van der Waals surface area contributed by atoms with E-state index in [1.165, 1.54) is 28.6 Å². The maximum Gasteiger partial charge on any atom is 0.264 e. The molecule has 1 aliphatic rings. The second-order valence-corrected chi connectivity index (χ2v) is 11.7. The van der Waals surface area contributed by atoms with Crippen LogP contribution in [0.1, 0.15) is 26.3 Å². The normalized spacial score (nSPS) is 15.6. The number of nitrogens with one attached hydrogen (secondary N) is 1. The SMILES string of the molecule is CC(C)(C)c1ccccc1OCCNC(=O)C1CN(S(=O)(=O)c2ccc(Cl)cc2)c2ccccc2O1. The van der Waals surface area contributed by atoms with Crippen molar-refractivity contribution in [3.63, 3.8) is 0 Å². The van der Waals surface area contributed by atoms with Gasteiger partial charge in [-0.15, -0.1) is 0 Å². The van der Waals surface area contributed by atoms with Crippen LogP contribution in [0.15, 0.2) is 77.7 Å². The molecule has 1 N–H and O–H groups in total. The molecular formula is C27H29ClN2O5S. The fourth-order valence-corrected chi connectivity index (χ4v) is 5.56. The first-order chi connectivity index (χ1) is 17.1. The van der Waals surface area contributed by atoms with E-state index in [2.05, 4.69) is 26.1 Å². The van der Waals surface area contributed by atoms with Gasteiger partial charge in [0.05, 0.1) is 23.7 Å². The van der Waals surface area contributed by atoms with Crippen LogP contribution in [0.25, 0.3) is 0 Å². The maximum atomic E-state index is 13.4. The number of halogens is 1. The summed E-state index contributed by atoms with van der Waals surface area (Å²) in [5, 5.41) is 3.23. The predicted molar refractivity (Wildman–Crippen MR) is 140 cm³/mol. The molecule has 1 aliphatic heterocycles. The van der Waals surface area contributed by atoms with E-state index >= 15 is 0 Å². The summed E-state index contributed by atoms with van der Waals surface area (Å²) in [5.41, 5.74) is 1.37. The van der Waals surface area contributed by atoms with E-state index in [4.69, 9.17) is 21.1 Å². The van der Waals surface area contributed by atoms with Crippen molar-refractivity contribution in [1.29, 1.82) is 0 Å². The largest absolute Gasteiger partial charge is 0.491 e. The van der Waals surface area contributed by atoms with Gasteiger partial charge in [0.1, 0.15) is 18.1 Å². The second kappa shape index (κ2) is 10.4. The minimum absolute atomic E-state index is 0.0775. The van der Waals surface area contributed by atoms with Crippen LogP contribution < -0.4 is 19.1 Å². The molecule has 3 aromatic carbocycles. The molecule has 1 atom stereocenters. The number of amides is 1. The summed E-state index contributed by atoms with van der Waals surface area (Å²) in [6, 6.07) is 20.5. The summed E-state index contributed by atoms with van der Waals surface area (Å²) in [6.07, 6.45) is -1.02. The molecule has 0 aromatic heterocycles. The first-order valence-electron chi connectivity index (χ1n) is 11.6. The number of para-hydroxylation sites is 3. The molecule has 0 saturated carbocycles. The van der Waals surface area contributed by atoms with Crippen molar-refractivity contribution < 1.29 is 22.7 Å². The molecule has 4 rings (SSSR count). The lowest BCUT2D eigenvalue weighted by molar-refractivity contribution is -0.127. The van der Waals surface area contributed by atoms with Crippen LogP contribution in [0.4, 0.5) is 5.69 Å². The zero-order valence-electron chi connectivity index (χ0n) is 20.4. The van der Waals surface area contributed by atoms with Gasteiger partial charge in [0, 0.05) is 5.02 Å². The number of carbonyl (C=O) groups is 1. The Labute approximate surface area is 217 Å². The quantitative estimate of drug-likeness (QED) is 0.446. The molecule has 1 heterocycles. The lowest BCUT2D eigenvalue weighted by Gasteiger charge is -2.34. The van der Waals surface area contributed by atoms with Gasteiger partial charge in [-0.1, -0.05) is 62.7 Å². The van der Waals surface area contributed by atoms with Crippen molar-refractivity contribution in [1.82, 2.24) is 5.32 Å². The van der Waals surface area contributed by atoms with Gasteiger partial charge in [0.2, 0.25) is 0 Å². The van der Waals surface area contributed by atoms with Crippen molar-refractivity contribution in [2.75, 3.05) is 24.0 Å². The van der Waals surface area contributed by atoms with Crippen LogP contribution in [0.2, 0.25) is 5.02 Å². The number of carbonyl (C=O) groups excluding carboxylic acids is 1. The molecule has 0 spiro atoms. The van der Waals surface area contributed by atoms with Gasteiger partial charge in [-0.25, -0.2) is 8.42 Å². The van der Waals surface area contributed by atoms with E-state index in [9.17, 15) is 13.2 Å². The van der Waals surface area contributed by atoms with Gasteiger partial charge in [-0.3, -0.25) is 9.10 Å². The molecule has 3 aromatic rings. The van der Waals surface area contributed by atoms with Crippen molar-refractivity contribution in [2.45, 2.75) is 37.2 Å². The van der Waals surface area contributed by atoms with E-state index in [1.807, 2.05) is 24.3 Å². The lowest BCUT2D eigenvalue weighted by Crippen LogP contribution is -2.51. The number of benzene rings is 3. The topological polar surface area (TPSA) is 84.9 Å². The average Bonchev–Trinajstić information content (AvgIpc) is 2.85.